The van der Waals surface area contributed by atoms with Crippen molar-refractivity contribution in [3.8, 4) is 0 Å². The molecule has 0 aliphatic rings. The van der Waals surface area contributed by atoms with Crippen molar-refractivity contribution in [2.45, 2.75) is 33.7 Å². The molecule has 23 heavy (non-hydrogen) atoms. The number of benzene rings is 1. The van der Waals surface area contributed by atoms with E-state index in [1.807, 2.05) is 39.1 Å². The molecule has 1 N–H and O–H groups in total. The van der Waals surface area contributed by atoms with E-state index in [1.165, 1.54) is 5.56 Å². The van der Waals surface area contributed by atoms with Crippen LogP contribution >= 0.6 is 0 Å². The molecule has 1 amide bonds. The molecule has 0 spiro atoms. The van der Waals surface area contributed by atoms with E-state index in [9.17, 15) is 4.79 Å². The molecule has 1 aromatic carbocycles. The standard InChI is InChI=1S/C18H26N4O/c1-5-11-22(12-16-9-7-6-8-10-16)13-17(23)19-18-14(2)20-21(4)15(18)3/h6-10H,5,11-13H2,1-4H3,(H,19,23). The molecule has 0 atom stereocenters. The number of nitrogens with zero attached hydrogens (tertiary/aromatic N) is 3. The summed E-state index contributed by atoms with van der Waals surface area (Å²) in [5, 5.41) is 7.35. The molecule has 0 bridgehead atoms. The smallest absolute Gasteiger partial charge is 0.238 e. The van der Waals surface area contributed by atoms with Gasteiger partial charge in [0.05, 0.1) is 23.6 Å². The largest absolute Gasteiger partial charge is 0.322 e. The van der Waals surface area contributed by atoms with Crippen LogP contribution in [-0.4, -0.2) is 33.7 Å². The lowest BCUT2D eigenvalue weighted by Crippen LogP contribution is -2.33. The molecule has 2 aromatic rings. The normalized spacial score (nSPS) is 11.0. The molecule has 1 aromatic heterocycles. The third-order valence-electron chi connectivity index (χ3n) is 3.93. The van der Waals surface area contributed by atoms with E-state index in [-0.39, 0.29) is 5.91 Å². The van der Waals surface area contributed by atoms with Crippen molar-refractivity contribution in [2.75, 3.05) is 18.4 Å². The van der Waals surface area contributed by atoms with Gasteiger partial charge in [-0.05, 0) is 32.4 Å². The quantitative estimate of drug-likeness (QED) is 0.855. The lowest BCUT2D eigenvalue weighted by molar-refractivity contribution is -0.117. The van der Waals surface area contributed by atoms with Crippen LogP contribution in [0.15, 0.2) is 30.3 Å². The predicted octanol–water partition coefficient (Wildman–Crippen LogP) is 2.89. The topological polar surface area (TPSA) is 50.2 Å². The minimum Gasteiger partial charge on any atom is -0.322 e. The number of anilines is 1. The van der Waals surface area contributed by atoms with Gasteiger partial charge in [0.2, 0.25) is 5.91 Å². The highest BCUT2D eigenvalue weighted by atomic mass is 16.2. The Balaban J connectivity index is 2.00. The second-order valence-corrected chi connectivity index (χ2v) is 5.91. The number of aryl methyl sites for hydroxylation is 2. The lowest BCUT2D eigenvalue weighted by Gasteiger charge is -2.21. The summed E-state index contributed by atoms with van der Waals surface area (Å²) in [6.45, 7) is 8.07. The van der Waals surface area contributed by atoms with Crippen LogP contribution in [0, 0.1) is 13.8 Å². The van der Waals surface area contributed by atoms with Crippen LogP contribution in [-0.2, 0) is 18.4 Å². The van der Waals surface area contributed by atoms with E-state index in [4.69, 9.17) is 0 Å². The first kappa shape index (κ1) is 17.2. The minimum absolute atomic E-state index is 0.00795. The molecule has 2 rings (SSSR count). The summed E-state index contributed by atoms with van der Waals surface area (Å²) in [5.41, 5.74) is 3.88. The number of amides is 1. The Morgan fingerprint density at radius 1 is 1.26 bits per heavy atom. The Morgan fingerprint density at radius 2 is 1.96 bits per heavy atom. The van der Waals surface area contributed by atoms with Crippen LogP contribution in [0.2, 0.25) is 0 Å². The van der Waals surface area contributed by atoms with Crippen LogP contribution in [0.4, 0.5) is 5.69 Å². The van der Waals surface area contributed by atoms with Gasteiger partial charge in [0, 0.05) is 13.6 Å². The molecule has 5 nitrogen and oxygen atoms in total. The Morgan fingerprint density at radius 3 is 2.52 bits per heavy atom. The predicted molar refractivity (Wildman–Crippen MR) is 93.3 cm³/mol. The summed E-state index contributed by atoms with van der Waals surface area (Å²) in [4.78, 5) is 14.6. The van der Waals surface area contributed by atoms with Crippen LogP contribution in [0.25, 0.3) is 0 Å². The van der Waals surface area contributed by atoms with E-state index in [2.05, 4.69) is 34.4 Å². The van der Waals surface area contributed by atoms with E-state index in [1.54, 1.807) is 4.68 Å². The first-order valence-corrected chi connectivity index (χ1v) is 8.07. The Bertz CT molecular complexity index is 649. The third kappa shape index (κ3) is 4.66. The number of nitrogens with one attached hydrogen (secondary N) is 1. The van der Waals surface area contributed by atoms with Gasteiger partial charge < -0.3 is 5.32 Å². The average Bonchev–Trinajstić information content (AvgIpc) is 2.75. The maximum Gasteiger partial charge on any atom is 0.238 e. The maximum atomic E-state index is 12.4. The summed E-state index contributed by atoms with van der Waals surface area (Å²) in [6, 6.07) is 10.3. The van der Waals surface area contributed by atoms with Gasteiger partial charge in [0.1, 0.15) is 0 Å². The second-order valence-electron chi connectivity index (χ2n) is 5.91. The van der Waals surface area contributed by atoms with Gasteiger partial charge in [-0.25, -0.2) is 0 Å². The van der Waals surface area contributed by atoms with Gasteiger partial charge in [-0.1, -0.05) is 37.3 Å². The van der Waals surface area contributed by atoms with E-state index in [0.29, 0.717) is 6.54 Å². The fourth-order valence-electron chi connectivity index (χ4n) is 2.71. The van der Waals surface area contributed by atoms with Crippen LogP contribution < -0.4 is 5.32 Å². The molecular weight excluding hydrogens is 288 g/mol. The highest BCUT2D eigenvalue weighted by Gasteiger charge is 2.15. The first-order valence-electron chi connectivity index (χ1n) is 8.07. The molecule has 0 radical (unpaired) electrons. The lowest BCUT2D eigenvalue weighted by atomic mass is 10.2. The first-order chi connectivity index (χ1) is 11.0. The summed E-state index contributed by atoms with van der Waals surface area (Å²) < 4.78 is 1.79. The monoisotopic (exact) mass is 314 g/mol. The molecule has 0 saturated heterocycles. The molecule has 124 valence electrons. The van der Waals surface area contributed by atoms with Crippen molar-refractivity contribution in [2.24, 2.45) is 7.05 Å². The number of carbonyl (C=O) groups excluding carboxylic acids is 1. The van der Waals surface area contributed by atoms with Gasteiger partial charge in [0.25, 0.3) is 0 Å². The number of rotatable bonds is 7. The maximum absolute atomic E-state index is 12.4. The molecule has 0 saturated carbocycles. The fourth-order valence-corrected chi connectivity index (χ4v) is 2.71. The second kappa shape index (κ2) is 7.92. The summed E-state index contributed by atoms with van der Waals surface area (Å²) in [7, 11) is 1.89. The van der Waals surface area contributed by atoms with Gasteiger partial charge in [0.15, 0.2) is 0 Å². The van der Waals surface area contributed by atoms with Crippen LogP contribution in [0.1, 0.15) is 30.3 Å². The average molecular weight is 314 g/mol. The molecule has 0 fully saturated rings. The molecule has 0 aliphatic carbocycles. The number of carbonyl (C=O) groups is 1. The zero-order valence-corrected chi connectivity index (χ0v) is 14.5. The van der Waals surface area contributed by atoms with Crippen molar-refractivity contribution in [1.29, 1.82) is 0 Å². The highest BCUT2D eigenvalue weighted by molar-refractivity contribution is 5.93. The van der Waals surface area contributed by atoms with Crippen molar-refractivity contribution < 1.29 is 4.79 Å². The number of hydrogen-bond acceptors (Lipinski definition) is 3. The molecule has 0 unspecified atom stereocenters. The van der Waals surface area contributed by atoms with Crippen molar-refractivity contribution in [1.82, 2.24) is 14.7 Å². The Labute approximate surface area is 138 Å². The van der Waals surface area contributed by atoms with E-state index in [0.717, 1.165) is 36.6 Å². The van der Waals surface area contributed by atoms with Gasteiger partial charge in [-0.3, -0.25) is 14.4 Å². The van der Waals surface area contributed by atoms with E-state index < -0.39 is 0 Å². The molecule has 0 aliphatic heterocycles. The van der Waals surface area contributed by atoms with E-state index >= 15 is 0 Å². The highest BCUT2D eigenvalue weighted by Crippen LogP contribution is 2.18. The number of hydrogen-bond donors (Lipinski definition) is 1. The van der Waals surface area contributed by atoms with Crippen molar-refractivity contribution >= 4 is 11.6 Å². The summed E-state index contributed by atoms with van der Waals surface area (Å²) in [6.07, 6.45) is 1.02. The number of aromatic nitrogens is 2. The van der Waals surface area contributed by atoms with Crippen molar-refractivity contribution in [3.63, 3.8) is 0 Å². The van der Waals surface area contributed by atoms with Gasteiger partial charge in [-0.2, -0.15) is 5.10 Å². The SMILES string of the molecule is CCCN(CC(=O)Nc1c(C)nn(C)c1C)Cc1ccccc1. The molecule has 1 heterocycles. The molecular formula is C18H26N4O. The van der Waals surface area contributed by atoms with Crippen molar-refractivity contribution in [3.05, 3.63) is 47.3 Å². The van der Waals surface area contributed by atoms with Crippen LogP contribution in [0.5, 0.6) is 0 Å². The van der Waals surface area contributed by atoms with Crippen LogP contribution in [0.3, 0.4) is 0 Å². The minimum atomic E-state index is 0.00795. The third-order valence-corrected chi connectivity index (χ3v) is 3.93. The van der Waals surface area contributed by atoms with Gasteiger partial charge in [-0.15, -0.1) is 0 Å². The zero-order valence-electron chi connectivity index (χ0n) is 14.5. The van der Waals surface area contributed by atoms with Gasteiger partial charge >= 0.3 is 0 Å². The zero-order chi connectivity index (χ0) is 16.8. The Hall–Kier alpha value is -2.14. The fraction of sp³-hybridized carbons (Fsp3) is 0.444. The summed E-state index contributed by atoms with van der Waals surface area (Å²) >= 11 is 0. The summed E-state index contributed by atoms with van der Waals surface area (Å²) in [5.74, 6) is 0.00795. The Kier molecular flexibility index (Phi) is 5.93. The molecule has 5 heteroatoms.